The van der Waals surface area contributed by atoms with Crippen LogP contribution in [0.2, 0.25) is 0 Å². The normalized spacial score (nSPS) is 10.9. The maximum absolute atomic E-state index is 12.5. The van der Waals surface area contributed by atoms with Gasteiger partial charge in [-0.05, 0) is 49.1 Å². The number of nitrogens with zero attached hydrogens (tertiary/aromatic N) is 2. The molecule has 0 atom stereocenters. The van der Waals surface area contributed by atoms with E-state index in [1.807, 2.05) is 12.1 Å². The molecule has 1 aromatic heterocycles. The van der Waals surface area contributed by atoms with Gasteiger partial charge in [-0.15, -0.1) is 0 Å². The van der Waals surface area contributed by atoms with E-state index in [1.54, 1.807) is 18.3 Å². The summed E-state index contributed by atoms with van der Waals surface area (Å²) >= 11 is 0. The Morgan fingerprint density at radius 1 is 0.676 bits per heavy atom. The summed E-state index contributed by atoms with van der Waals surface area (Å²) in [6, 6.07) is 15.6. The molecule has 2 aromatic carbocycles. The number of unbranched alkanes of at least 4 members (excludes halogenated alkanes) is 9. The van der Waals surface area contributed by atoms with Crippen molar-refractivity contribution in [3.8, 4) is 22.8 Å². The molecule has 0 radical (unpaired) electrons. The number of carbonyl (C=O) groups excluding carboxylic acids is 1. The van der Waals surface area contributed by atoms with Crippen LogP contribution < -0.4 is 9.47 Å². The molecule has 3 rings (SSSR count). The second-order valence-electron chi connectivity index (χ2n) is 9.63. The van der Waals surface area contributed by atoms with Crippen LogP contribution >= 0.6 is 0 Å². The summed E-state index contributed by atoms with van der Waals surface area (Å²) in [5.74, 6) is 0.692. The number of aryl methyl sites for hydroxylation is 1. The molecule has 0 N–H and O–H groups in total. The number of rotatable bonds is 17. The summed E-state index contributed by atoms with van der Waals surface area (Å²) in [5, 5.41) is 0. The molecule has 0 aliphatic carbocycles. The molecule has 0 bridgehead atoms. The number of benzene rings is 2. The first-order chi connectivity index (χ1) is 18.2. The van der Waals surface area contributed by atoms with Crippen molar-refractivity contribution in [3.63, 3.8) is 0 Å². The van der Waals surface area contributed by atoms with Crippen LogP contribution in [0.4, 0.5) is 0 Å². The highest BCUT2D eigenvalue weighted by Gasteiger charge is 2.12. The largest absolute Gasteiger partial charge is 0.494 e. The van der Waals surface area contributed by atoms with Crippen molar-refractivity contribution < 1.29 is 14.3 Å². The van der Waals surface area contributed by atoms with Crippen LogP contribution in [0.1, 0.15) is 101 Å². The molecular formula is C32H42N2O3. The highest BCUT2D eigenvalue weighted by Crippen LogP contribution is 2.21. The Balaban J connectivity index is 1.43. The van der Waals surface area contributed by atoms with Gasteiger partial charge < -0.3 is 9.47 Å². The van der Waals surface area contributed by atoms with Crippen molar-refractivity contribution in [2.75, 3.05) is 6.61 Å². The van der Waals surface area contributed by atoms with E-state index >= 15 is 0 Å². The van der Waals surface area contributed by atoms with E-state index in [4.69, 9.17) is 9.47 Å². The van der Waals surface area contributed by atoms with Crippen LogP contribution in [0.3, 0.4) is 0 Å². The molecule has 3 aromatic rings. The molecule has 1 heterocycles. The summed E-state index contributed by atoms with van der Waals surface area (Å²) in [5.41, 5.74) is 3.24. The molecule has 0 aliphatic rings. The van der Waals surface area contributed by atoms with Crippen LogP contribution in [-0.2, 0) is 6.42 Å². The molecular weight excluding hydrogens is 460 g/mol. The lowest BCUT2D eigenvalue weighted by atomic mass is 10.0. The van der Waals surface area contributed by atoms with Crippen LogP contribution in [0, 0.1) is 0 Å². The van der Waals surface area contributed by atoms with Crippen molar-refractivity contribution in [2.24, 2.45) is 0 Å². The summed E-state index contributed by atoms with van der Waals surface area (Å²) in [6.45, 7) is 5.14. The van der Waals surface area contributed by atoms with Gasteiger partial charge in [0, 0.05) is 5.56 Å². The Labute approximate surface area is 222 Å². The van der Waals surface area contributed by atoms with Gasteiger partial charge >= 0.3 is 5.97 Å². The second kappa shape index (κ2) is 16.5. The summed E-state index contributed by atoms with van der Waals surface area (Å²) in [6.07, 6.45) is 18.1. The molecule has 37 heavy (non-hydrogen) atoms. The van der Waals surface area contributed by atoms with Gasteiger partial charge in [-0.25, -0.2) is 9.78 Å². The molecule has 0 fully saturated rings. The highest BCUT2D eigenvalue weighted by atomic mass is 16.5. The molecule has 5 heteroatoms. The zero-order chi connectivity index (χ0) is 26.1. The number of aromatic nitrogens is 2. The fourth-order valence-corrected chi connectivity index (χ4v) is 4.19. The minimum absolute atomic E-state index is 0.176. The van der Waals surface area contributed by atoms with Crippen LogP contribution in [-0.4, -0.2) is 22.5 Å². The van der Waals surface area contributed by atoms with Gasteiger partial charge in [-0.1, -0.05) is 95.9 Å². The predicted molar refractivity (Wildman–Crippen MR) is 150 cm³/mol. The molecule has 0 amide bonds. The van der Waals surface area contributed by atoms with Crippen LogP contribution in [0.25, 0.3) is 11.3 Å². The Morgan fingerprint density at radius 2 is 1.30 bits per heavy atom. The Hall–Kier alpha value is -3.21. The molecule has 5 nitrogen and oxygen atoms in total. The topological polar surface area (TPSA) is 61.3 Å². The van der Waals surface area contributed by atoms with Gasteiger partial charge in [0.15, 0.2) is 5.69 Å². The Kier molecular flexibility index (Phi) is 12.7. The number of hydrogen-bond acceptors (Lipinski definition) is 5. The van der Waals surface area contributed by atoms with Crippen molar-refractivity contribution in [1.82, 2.24) is 9.97 Å². The van der Waals surface area contributed by atoms with Crippen LogP contribution in [0.5, 0.6) is 11.5 Å². The smallest absolute Gasteiger partial charge is 0.363 e. The first-order valence-corrected chi connectivity index (χ1v) is 14.1. The fraction of sp³-hybridized carbons (Fsp3) is 0.469. The number of esters is 1. The maximum Gasteiger partial charge on any atom is 0.363 e. The van der Waals surface area contributed by atoms with Gasteiger partial charge in [0.1, 0.15) is 11.5 Å². The van der Waals surface area contributed by atoms with Crippen molar-refractivity contribution in [2.45, 2.75) is 90.9 Å². The molecule has 198 valence electrons. The monoisotopic (exact) mass is 502 g/mol. The quantitative estimate of drug-likeness (QED) is 0.105. The average Bonchev–Trinajstić information content (AvgIpc) is 2.94. The highest BCUT2D eigenvalue weighted by molar-refractivity contribution is 5.88. The average molecular weight is 503 g/mol. The number of ether oxygens (including phenoxy) is 2. The van der Waals surface area contributed by atoms with Gasteiger partial charge in [0.2, 0.25) is 0 Å². The SMILES string of the molecule is CCCCCCCCCc1ccc(-c2cnc(C(=O)Oc3ccc(OCCCCCC)cc3)cn2)cc1. The summed E-state index contributed by atoms with van der Waals surface area (Å²) in [4.78, 5) is 21.2. The van der Waals surface area contributed by atoms with E-state index in [2.05, 4.69) is 48.1 Å². The third-order valence-electron chi connectivity index (χ3n) is 6.48. The van der Waals surface area contributed by atoms with E-state index in [9.17, 15) is 4.79 Å². The van der Waals surface area contributed by atoms with E-state index in [1.165, 1.54) is 76.0 Å². The zero-order valence-electron chi connectivity index (χ0n) is 22.6. The van der Waals surface area contributed by atoms with Gasteiger partial charge in [-0.2, -0.15) is 0 Å². The lowest BCUT2D eigenvalue weighted by Gasteiger charge is -2.08. The molecule has 0 aliphatic heterocycles. The molecule has 0 saturated carbocycles. The Morgan fingerprint density at radius 3 is 1.95 bits per heavy atom. The van der Waals surface area contributed by atoms with E-state index < -0.39 is 5.97 Å². The number of carbonyl (C=O) groups is 1. The number of hydrogen-bond donors (Lipinski definition) is 0. The van der Waals surface area contributed by atoms with Gasteiger partial charge in [0.25, 0.3) is 0 Å². The van der Waals surface area contributed by atoms with Gasteiger partial charge in [-0.3, -0.25) is 4.98 Å². The second-order valence-corrected chi connectivity index (χ2v) is 9.63. The zero-order valence-corrected chi connectivity index (χ0v) is 22.6. The summed E-state index contributed by atoms with van der Waals surface area (Å²) in [7, 11) is 0. The molecule has 0 saturated heterocycles. The van der Waals surface area contributed by atoms with E-state index in [0.29, 0.717) is 12.4 Å². The lowest BCUT2D eigenvalue weighted by molar-refractivity contribution is 0.0728. The summed E-state index contributed by atoms with van der Waals surface area (Å²) < 4.78 is 11.2. The van der Waals surface area contributed by atoms with Crippen LogP contribution in [0.15, 0.2) is 60.9 Å². The Bertz CT molecular complexity index is 1030. The van der Waals surface area contributed by atoms with Crippen molar-refractivity contribution in [3.05, 3.63) is 72.2 Å². The predicted octanol–water partition coefficient (Wildman–Crippen LogP) is 8.62. The molecule has 0 spiro atoms. The first-order valence-electron chi connectivity index (χ1n) is 14.1. The maximum atomic E-state index is 12.5. The molecule has 0 unspecified atom stereocenters. The van der Waals surface area contributed by atoms with Crippen molar-refractivity contribution in [1.29, 1.82) is 0 Å². The minimum atomic E-state index is -0.530. The minimum Gasteiger partial charge on any atom is -0.494 e. The van der Waals surface area contributed by atoms with Crippen molar-refractivity contribution >= 4 is 5.97 Å². The third-order valence-corrected chi connectivity index (χ3v) is 6.48. The third kappa shape index (κ3) is 10.4. The van der Waals surface area contributed by atoms with E-state index in [-0.39, 0.29) is 5.69 Å². The van der Waals surface area contributed by atoms with E-state index in [0.717, 1.165) is 29.8 Å². The first kappa shape index (κ1) is 28.4. The lowest BCUT2D eigenvalue weighted by Crippen LogP contribution is -2.11. The van der Waals surface area contributed by atoms with Gasteiger partial charge in [0.05, 0.1) is 24.7 Å². The fourth-order valence-electron chi connectivity index (χ4n) is 4.19. The standard InChI is InChI=1S/C32H42N2O3/c1-3-5-7-9-10-11-12-14-26-15-17-27(18-16-26)30-24-34-31(25-33-30)32(35)37-29-21-19-28(20-22-29)36-23-13-8-6-4-2/h15-22,24-25H,3-14,23H2,1-2H3.